The van der Waals surface area contributed by atoms with Gasteiger partial charge in [-0.2, -0.15) is 0 Å². The van der Waals surface area contributed by atoms with Crippen LogP contribution in [0.25, 0.3) is 0 Å². The van der Waals surface area contributed by atoms with E-state index in [2.05, 4.69) is 72.9 Å². The molecule has 1 heteroatoms. The Kier molecular flexibility index (Phi) is 4.37. The molecule has 0 aromatic heterocycles. The summed E-state index contributed by atoms with van der Waals surface area (Å²) in [6, 6.07) is 0.565. The van der Waals surface area contributed by atoms with Gasteiger partial charge in [0, 0.05) is 6.04 Å². The average Bonchev–Trinajstić information content (AvgIpc) is 2.40. The molecule has 0 bridgehead atoms. The van der Waals surface area contributed by atoms with Crippen LogP contribution < -0.4 is 5.32 Å². The Labute approximate surface area is 114 Å². The summed E-state index contributed by atoms with van der Waals surface area (Å²) < 4.78 is 0. The maximum absolute atomic E-state index is 3.79. The molecule has 0 spiro atoms. The highest BCUT2D eigenvalue weighted by atomic mass is 15.0. The molecule has 1 fully saturated rings. The Morgan fingerprint density at radius 2 is 1.78 bits per heavy atom. The van der Waals surface area contributed by atoms with Crippen molar-refractivity contribution < 1.29 is 0 Å². The molecule has 1 N–H and O–H groups in total. The van der Waals surface area contributed by atoms with E-state index < -0.39 is 0 Å². The van der Waals surface area contributed by atoms with Crippen molar-refractivity contribution in [2.45, 2.75) is 67.9 Å². The Morgan fingerprint density at radius 3 is 2.22 bits per heavy atom. The molecule has 106 valence electrons. The summed E-state index contributed by atoms with van der Waals surface area (Å²) in [6.07, 6.45) is 5.84. The quantitative estimate of drug-likeness (QED) is 0.721. The van der Waals surface area contributed by atoms with Crippen molar-refractivity contribution in [1.82, 2.24) is 5.32 Å². The zero-order chi connectivity index (χ0) is 14.2. The van der Waals surface area contributed by atoms with Crippen LogP contribution in [0.5, 0.6) is 0 Å². The third kappa shape index (κ3) is 3.17. The van der Waals surface area contributed by atoms with Crippen LogP contribution in [-0.4, -0.2) is 12.6 Å². The van der Waals surface area contributed by atoms with Gasteiger partial charge in [-0.25, -0.2) is 0 Å². The topological polar surface area (TPSA) is 12.0 Å². The van der Waals surface area contributed by atoms with Crippen LogP contribution in [0.4, 0.5) is 0 Å². The molecule has 1 aliphatic heterocycles. The maximum Gasteiger partial charge on any atom is 0.0210 e. The molecule has 1 nitrogen and oxygen atoms in total. The molecule has 0 saturated carbocycles. The van der Waals surface area contributed by atoms with E-state index >= 15 is 0 Å². The van der Waals surface area contributed by atoms with Crippen molar-refractivity contribution in [3.63, 3.8) is 0 Å². The van der Waals surface area contributed by atoms with E-state index in [0.29, 0.717) is 16.9 Å². The SMILES string of the molecule is CC=CC(C)(C)C1NCC(C)C1(C)CC(C)(C)C. The van der Waals surface area contributed by atoms with E-state index in [4.69, 9.17) is 0 Å². The van der Waals surface area contributed by atoms with E-state index in [1.54, 1.807) is 0 Å². The second-order valence-corrected chi connectivity index (χ2v) is 8.31. The van der Waals surface area contributed by atoms with Gasteiger partial charge in [0.15, 0.2) is 0 Å². The highest BCUT2D eigenvalue weighted by molar-refractivity contribution is 5.11. The number of rotatable bonds is 3. The molecule has 3 atom stereocenters. The summed E-state index contributed by atoms with van der Waals surface area (Å²) in [5.41, 5.74) is 0.986. The lowest BCUT2D eigenvalue weighted by Crippen LogP contribution is -2.48. The van der Waals surface area contributed by atoms with E-state index in [1.165, 1.54) is 6.42 Å². The smallest absolute Gasteiger partial charge is 0.0210 e. The van der Waals surface area contributed by atoms with Gasteiger partial charge < -0.3 is 5.32 Å². The van der Waals surface area contributed by atoms with Gasteiger partial charge >= 0.3 is 0 Å². The number of allylic oxidation sites excluding steroid dienone is 1. The summed E-state index contributed by atoms with van der Waals surface area (Å²) >= 11 is 0. The summed E-state index contributed by atoms with van der Waals surface area (Å²) in [5, 5.41) is 3.79. The van der Waals surface area contributed by atoms with Crippen molar-refractivity contribution >= 4 is 0 Å². The van der Waals surface area contributed by atoms with Crippen molar-refractivity contribution in [3.8, 4) is 0 Å². The monoisotopic (exact) mass is 251 g/mol. The molecule has 0 aliphatic carbocycles. The highest BCUT2D eigenvalue weighted by Gasteiger charge is 2.50. The molecule has 0 radical (unpaired) electrons. The molecule has 1 aliphatic rings. The first-order chi connectivity index (χ1) is 8.03. The standard InChI is InChI=1S/C17H33N/c1-9-10-16(6,7)14-17(8,12-15(3,4)5)13(2)11-18-14/h9-10,13-14,18H,11-12H2,1-8H3. The first-order valence-corrected chi connectivity index (χ1v) is 7.40. The fraction of sp³-hybridized carbons (Fsp3) is 0.882. The predicted octanol–water partition coefficient (Wildman–Crippen LogP) is 4.64. The van der Waals surface area contributed by atoms with Gasteiger partial charge in [0.25, 0.3) is 0 Å². The minimum absolute atomic E-state index is 0.222. The van der Waals surface area contributed by atoms with Crippen LogP contribution >= 0.6 is 0 Å². The van der Waals surface area contributed by atoms with E-state index in [0.717, 1.165) is 12.5 Å². The molecule has 0 aromatic rings. The van der Waals surface area contributed by atoms with Gasteiger partial charge in [-0.3, -0.25) is 0 Å². The van der Waals surface area contributed by atoms with Gasteiger partial charge in [0.2, 0.25) is 0 Å². The maximum atomic E-state index is 3.79. The van der Waals surface area contributed by atoms with Crippen molar-refractivity contribution in [2.75, 3.05) is 6.54 Å². The Hall–Kier alpha value is -0.300. The molecule has 1 rings (SSSR count). The van der Waals surface area contributed by atoms with Crippen LogP contribution in [-0.2, 0) is 0 Å². The number of hydrogen-bond acceptors (Lipinski definition) is 1. The first-order valence-electron chi connectivity index (χ1n) is 7.40. The van der Waals surface area contributed by atoms with Gasteiger partial charge in [-0.05, 0) is 42.1 Å². The summed E-state index contributed by atoms with van der Waals surface area (Å²) in [6.45, 7) is 20.0. The van der Waals surface area contributed by atoms with Crippen LogP contribution in [0, 0.1) is 22.2 Å². The molecule has 0 aromatic carbocycles. The largest absolute Gasteiger partial charge is 0.312 e. The molecule has 3 unspecified atom stereocenters. The minimum Gasteiger partial charge on any atom is -0.312 e. The Balaban J connectivity index is 3.05. The predicted molar refractivity (Wildman–Crippen MR) is 81.7 cm³/mol. The van der Waals surface area contributed by atoms with E-state index in [-0.39, 0.29) is 5.41 Å². The highest BCUT2D eigenvalue weighted by Crippen LogP contribution is 2.50. The van der Waals surface area contributed by atoms with Crippen molar-refractivity contribution in [2.24, 2.45) is 22.2 Å². The second kappa shape index (κ2) is 5.00. The minimum atomic E-state index is 0.222. The van der Waals surface area contributed by atoms with Gasteiger partial charge in [0.1, 0.15) is 0 Å². The molecule has 1 saturated heterocycles. The number of nitrogens with one attached hydrogen (secondary N) is 1. The number of hydrogen-bond donors (Lipinski definition) is 1. The molecular formula is C17H33N. The van der Waals surface area contributed by atoms with Gasteiger partial charge in [0.05, 0.1) is 0 Å². The van der Waals surface area contributed by atoms with Gasteiger partial charge in [-0.1, -0.05) is 60.6 Å². The summed E-state index contributed by atoms with van der Waals surface area (Å²) in [7, 11) is 0. The molecule has 1 heterocycles. The molecule has 18 heavy (non-hydrogen) atoms. The van der Waals surface area contributed by atoms with E-state index in [1.807, 2.05) is 0 Å². The zero-order valence-electron chi connectivity index (χ0n) is 13.7. The lowest BCUT2D eigenvalue weighted by atomic mass is 9.60. The normalized spacial score (nSPS) is 34.4. The van der Waals surface area contributed by atoms with Crippen LogP contribution in [0.2, 0.25) is 0 Å². The summed E-state index contributed by atoms with van der Waals surface area (Å²) in [5.74, 6) is 0.742. The third-order valence-corrected chi connectivity index (χ3v) is 4.66. The van der Waals surface area contributed by atoms with Crippen molar-refractivity contribution in [1.29, 1.82) is 0 Å². The lowest BCUT2D eigenvalue weighted by Gasteiger charge is -2.45. The first kappa shape index (κ1) is 15.8. The third-order valence-electron chi connectivity index (χ3n) is 4.66. The fourth-order valence-corrected chi connectivity index (χ4v) is 4.10. The molecule has 0 amide bonds. The summed E-state index contributed by atoms with van der Waals surface area (Å²) in [4.78, 5) is 0. The van der Waals surface area contributed by atoms with Gasteiger partial charge in [-0.15, -0.1) is 0 Å². The second-order valence-electron chi connectivity index (χ2n) is 8.31. The Morgan fingerprint density at radius 1 is 1.22 bits per heavy atom. The van der Waals surface area contributed by atoms with Crippen molar-refractivity contribution in [3.05, 3.63) is 12.2 Å². The fourth-order valence-electron chi connectivity index (χ4n) is 4.10. The van der Waals surface area contributed by atoms with Crippen LogP contribution in [0.15, 0.2) is 12.2 Å². The molecular weight excluding hydrogens is 218 g/mol. The van der Waals surface area contributed by atoms with Crippen LogP contribution in [0.3, 0.4) is 0 Å². The zero-order valence-corrected chi connectivity index (χ0v) is 13.7. The lowest BCUT2D eigenvalue weighted by molar-refractivity contribution is 0.0855. The average molecular weight is 251 g/mol. The van der Waals surface area contributed by atoms with E-state index in [9.17, 15) is 0 Å². The van der Waals surface area contributed by atoms with Crippen LogP contribution in [0.1, 0.15) is 61.8 Å². The Bertz CT molecular complexity index is 308.